The van der Waals surface area contributed by atoms with Gasteiger partial charge in [0.15, 0.2) is 0 Å². The van der Waals surface area contributed by atoms with E-state index in [1.807, 2.05) is 55.6 Å². The van der Waals surface area contributed by atoms with Gasteiger partial charge >= 0.3 is 0 Å². The maximum Gasteiger partial charge on any atom is 0.271 e. The van der Waals surface area contributed by atoms with Gasteiger partial charge in [-0.1, -0.05) is 67.3 Å². The summed E-state index contributed by atoms with van der Waals surface area (Å²) < 4.78 is 6.22. The zero-order valence-electron chi connectivity index (χ0n) is 30.3. The molecule has 0 spiro atoms. The molecule has 2 aliphatic heterocycles. The number of benzene rings is 2. The third-order valence-corrected chi connectivity index (χ3v) is 11.7. The second-order valence-electron chi connectivity index (χ2n) is 14.9. The number of hydrogen-bond acceptors (Lipinski definition) is 6. The van der Waals surface area contributed by atoms with Crippen LogP contribution < -0.4 is 10.6 Å². The maximum absolute atomic E-state index is 14.4. The number of carbonyl (C=O) groups excluding carboxylic acids is 4. The number of halogens is 1. The van der Waals surface area contributed by atoms with Crippen molar-refractivity contribution in [3.8, 4) is 11.3 Å². The van der Waals surface area contributed by atoms with Crippen LogP contribution in [0.5, 0.6) is 0 Å². The summed E-state index contributed by atoms with van der Waals surface area (Å²) in [6.07, 6.45) is 7.21. The Hall–Kier alpha value is -4.68. The van der Waals surface area contributed by atoms with E-state index in [1.165, 1.54) is 19.3 Å². The van der Waals surface area contributed by atoms with E-state index in [4.69, 9.17) is 16.3 Å². The van der Waals surface area contributed by atoms with Crippen LogP contribution in [0.4, 0.5) is 0 Å². The molecule has 7 rings (SSSR count). The number of amides is 4. The number of likely N-dealkylation sites (N-methyl/N-ethyl adjacent to an activating group) is 1. The summed E-state index contributed by atoms with van der Waals surface area (Å²) in [5.41, 5.74) is 3.60. The van der Waals surface area contributed by atoms with E-state index in [9.17, 15) is 19.2 Å². The fourth-order valence-corrected chi connectivity index (χ4v) is 8.58. The number of carbonyl (C=O) groups is 4. The highest BCUT2D eigenvalue weighted by Gasteiger charge is 2.48. The number of nitrogens with zero attached hydrogens (tertiary/aromatic N) is 3. The van der Waals surface area contributed by atoms with Crippen molar-refractivity contribution in [2.24, 2.45) is 23.7 Å². The predicted molar refractivity (Wildman–Crippen MR) is 202 cm³/mol. The smallest absolute Gasteiger partial charge is 0.271 e. The van der Waals surface area contributed by atoms with Gasteiger partial charge in [0.25, 0.3) is 5.91 Å². The van der Waals surface area contributed by atoms with Crippen molar-refractivity contribution in [1.29, 1.82) is 0 Å². The van der Waals surface area contributed by atoms with Crippen molar-refractivity contribution in [2.75, 3.05) is 39.8 Å². The number of aromatic nitrogens is 3. The molecule has 53 heavy (non-hydrogen) atoms. The highest BCUT2D eigenvalue weighted by atomic mass is 35.5. The van der Waals surface area contributed by atoms with Gasteiger partial charge in [-0.15, -0.1) is 0 Å². The average Bonchev–Trinajstić information content (AvgIpc) is 3.95. The first-order chi connectivity index (χ1) is 25.7. The van der Waals surface area contributed by atoms with Gasteiger partial charge in [0.1, 0.15) is 11.7 Å². The van der Waals surface area contributed by atoms with Crippen molar-refractivity contribution in [2.45, 2.75) is 57.6 Å². The molecule has 4 N–H and O–H groups in total. The van der Waals surface area contributed by atoms with Crippen LogP contribution in [0.2, 0.25) is 5.02 Å². The zero-order chi connectivity index (χ0) is 37.1. The SMILES string of the molecule is CNC(=O)[C@@H](NC(=O)C1CN(C(=O)Cc2c[nH]c3cc(Cl)ccc23)CC2CN(C(=O)c3cc(-c4ccccc4)n[nH]3)CC21)[C@@H](C)OCC1CCCCC1. The lowest BCUT2D eigenvalue weighted by molar-refractivity contribution is -0.141. The molecule has 0 bridgehead atoms. The number of H-pyrrole nitrogens is 2. The molecule has 4 aromatic rings. The maximum atomic E-state index is 14.4. The molecule has 1 saturated carbocycles. The molecule has 1 aliphatic carbocycles. The van der Waals surface area contributed by atoms with Crippen LogP contribution in [0.3, 0.4) is 0 Å². The molecular weight excluding hydrogens is 694 g/mol. The van der Waals surface area contributed by atoms with Gasteiger partial charge in [-0.25, -0.2) is 0 Å². The minimum Gasteiger partial charge on any atom is -0.376 e. The van der Waals surface area contributed by atoms with Gasteiger partial charge in [-0.05, 0) is 61.3 Å². The second-order valence-corrected chi connectivity index (χ2v) is 15.3. The monoisotopic (exact) mass is 741 g/mol. The molecule has 2 aromatic carbocycles. The van der Waals surface area contributed by atoms with Gasteiger partial charge in [-0.2, -0.15) is 5.10 Å². The van der Waals surface area contributed by atoms with Gasteiger partial charge in [-0.3, -0.25) is 24.3 Å². The number of fused-ring (bicyclic) bond motifs is 2. The van der Waals surface area contributed by atoms with Crippen LogP contribution in [0.15, 0.2) is 60.8 Å². The average molecular weight is 742 g/mol. The molecule has 3 aliphatic rings. The largest absolute Gasteiger partial charge is 0.376 e. The minimum atomic E-state index is -0.917. The topological polar surface area (TPSA) is 153 Å². The van der Waals surface area contributed by atoms with Crippen molar-refractivity contribution in [1.82, 2.24) is 35.6 Å². The molecule has 5 atom stereocenters. The number of hydrogen-bond donors (Lipinski definition) is 4. The van der Waals surface area contributed by atoms with Crippen LogP contribution in [-0.2, 0) is 25.5 Å². The number of rotatable bonds is 11. The Labute approximate surface area is 314 Å². The van der Waals surface area contributed by atoms with E-state index in [0.29, 0.717) is 48.6 Å². The van der Waals surface area contributed by atoms with Gasteiger partial charge in [0.2, 0.25) is 17.7 Å². The lowest BCUT2D eigenvalue weighted by atomic mass is 9.79. The first-order valence-corrected chi connectivity index (χ1v) is 19.1. The number of aromatic amines is 2. The number of piperidine rings is 1. The summed E-state index contributed by atoms with van der Waals surface area (Å²) in [6, 6.07) is 16.0. The molecule has 13 heteroatoms. The molecule has 280 valence electrons. The van der Waals surface area contributed by atoms with E-state index in [2.05, 4.69) is 25.8 Å². The van der Waals surface area contributed by atoms with Crippen molar-refractivity contribution < 1.29 is 23.9 Å². The molecular formula is C40H48ClN7O5. The molecule has 4 amide bonds. The summed E-state index contributed by atoms with van der Waals surface area (Å²) in [5, 5.41) is 14.5. The summed E-state index contributed by atoms with van der Waals surface area (Å²) in [6.45, 7) is 3.65. The standard InChI is InChI=1S/C40H48ClN7O5/c1-24(53-23-25-9-5-3-6-10-25)37(39(51)42-2)44-38(50)32-22-47(36(49)15-27-18-43-34-16-29(41)13-14-30(27)34)19-28-20-48(21-31(28)32)40(52)35-17-33(45-46-35)26-11-7-4-8-12-26/h4,7-8,11-14,16-18,24-25,28,31-32,37,43H,3,5-6,9-10,15,19-23H2,1-2H3,(H,42,51)(H,44,50)(H,45,46)/t24-,28?,31?,32?,37+/m1/s1. The van der Waals surface area contributed by atoms with Crippen LogP contribution in [0, 0.1) is 23.7 Å². The molecule has 3 unspecified atom stereocenters. The highest BCUT2D eigenvalue weighted by Crippen LogP contribution is 2.37. The minimum absolute atomic E-state index is 0.116. The summed E-state index contributed by atoms with van der Waals surface area (Å²) in [5.74, 6) is -1.58. The van der Waals surface area contributed by atoms with Crippen LogP contribution in [0.1, 0.15) is 55.1 Å². The van der Waals surface area contributed by atoms with Gasteiger partial charge in [0.05, 0.1) is 24.1 Å². The molecule has 4 heterocycles. The summed E-state index contributed by atoms with van der Waals surface area (Å²) >= 11 is 6.19. The number of nitrogens with one attached hydrogen (secondary N) is 4. The van der Waals surface area contributed by atoms with Gasteiger partial charge in [0, 0.05) is 67.5 Å². The Balaban J connectivity index is 1.10. The number of likely N-dealkylation sites (tertiary alicyclic amines) is 2. The Morgan fingerprint density at radius 3 is 2.53 bits per heavy atom. The van der Waals surface area contributed by atoms with Crippen LogP contribution in [-0.4, -0.2) is 101 Å². The highest BCUT2D eigenvalue weighted by molar-refractivity contribution is 6.31. The zero-order valence-corrected chi connectivity index (χ0v) is 31.0. The summed E-state index contributed by atoms with van der Waals surface area (Å²) in [4.78, 5) is 62.1. The van der Waals surface area contributed by atoms with Gasteiger partial charge < -0.3 is 30.2 Å². The third-order valence-electron chi connectivity index (χ3n) is 11.4. The van der Waals surface area contributed by atoms with Crippen molar-refractivity contribution in [3.63, 3.8) is 0 Å². The summed E-state index contributed by atoms with van der Waals surface area (Å²) in [7, 11) is 1.55. The second kappa shape index (κ2) is 16.1. The molecule has 2 saturated heterocycles. The lowest BCUT2D eigenvalue weighted by Gasteiger charge is -2.40. The predicted octanol–water partition coefficient (Wildman–Crippen LogP) is 4.82. The molecule has 2 aromatic heterocycles. The number of ether oxygens (including phenoxy) is 1. The Morgan fingerprint density at radius 2 is 1.75 bits per heavy atom. The molecule has 3 fully saturated rings. The van der Waals surface area contributed by atoms with Crippen molar-refractivity contribution >= 4 is 46.1 Å². The van der Waals surface area contributed by atoms with E-state index < -0.39 is 18.1 Å². The van der Waals surface area contributed by atoms with Crippen LogP contribution >= 0.6 is 11.6 Å². The normalized spacial score (nSPS) is 21.6. The van der Waals surface area contributed by atoms with E-state index >= 15 is 0 Å². The molecule has 12 nitrogen and oxygen atoms in total. The fraction of sp³-hybridized carbons (Fsp3) is 0.475. The first-order valence-electron chi connectivity index (χ1n) is 18.8. The van der Waals surface area contributed by atoms with Crippen molar-refractivity contribution in [3.05, 3.63) is 77.1 Å². The van der Waals surface area contributed by atoms with E-state index in [-0.39, 0.29) is 48.4 Å². The lowest BCUT2D eigenvalue weighted by Crippen LogP contribution is -2.58. The fourth-order valence-electron chi connectivity index (χ4n) is 8.41. The Bertz CT molecular complexity index is 1940. The van der Waals surface area contributed by atoms with E-state index in [1.54, 1.807) is 29.0 Å². The van der Waals surface area contributed by atoms with Crippen LogP contribution in [0.25, 0.3) is 22.2 Å². The Morgan fingerprint density at radius 1 is 0.981 bits per heavy atom. The van der Waals surface area contributed by atoms with E-state index in [0.717, 1.165) is 34.9 Å². The Kier molecular flexibility index (Phi) is 11.2. The molecule has 0 radical (unpaired) electrons. The quantitative estimate of drug-likeness (QED) is 0.173. The third kappa shape index (κ3) is 8.13. The first kappa shape index (κ1) is 36.7.